The Morgan fingerprint density at radius 1 is 1.62 bits per heavy atom. The van der Waals surface area contributed by atoms with Crippen LogP contribution in [0.2, 0.25) is 0 Å². The van der Waals surface area contributed by atoms with Crippen LogP contribution < -0.4 is 5.32 Å². The van der Waals surface area contributed by atoms with E-state index in [9.17, 15) is 4.79 Å². The van der Waals surface area contributed by atoms with Crippen LogP contribution in [-0.4, -0.2) is 23.2 Å². The molecule has 76 valence electrons. The smallest absolute Gasteiger partial charge is 0.304 e. The summed E-state index contributed by atoms with van der Waals surface area (Å²) in [5, 5.41) is 11.9. The molecule has 1 aliphatic carbocycles. The summed E-state index contributed by atoms with van der Waals surface area (Å²) in [6, 6.07) is 0.650. The van der Waals surface area contributed by atoms with Crippen molar-refractivity contribution in [3.63, 3.8) is 0 Å². The molecule has 3 heteroatoms. The second-order valence-electron chi connectivity index (χ2n) is 4.28. The zero-order valence-corrected chi connectivity index (χ0v) is 8.42. The minimum Gasteiger partial charge on any atom is -0.481 e. The number of nitrogens with one attached hydrogen (secondary N) is 1. The normalized spacial score (nSPS) is 30.3. The first-order valence-electron chi connectivity index (χ1n) is 5.05. The van der Waals surface area contributed by atoms with Gasteiger partial charge in [0.2, 0.25) is 0 Å². The van der Waals surface area contributed by atoms with Crippen LogP contribution >= 0.6 is 0 Å². The summed E-state index contributed by atoms with van der Waals surface area (Å²) in [6.45, 7) is 4.20. The SMILES string of the molecule is CC1CCC(NC(C)CC(=O)O)C1. The molecule has 1 saturated carbocycles. The van der Waals surface area contributed by atoms with Crippen LogP contribution in [0.15, 0.2) is 0 Å². The van der Waals surface area contributed by atoms with E-state index in [1.54, 1.807) is 0 Å². The fourth-order valence-corrected chi connectivity index (χ4v) is 2.08. The topological polar surface area (TPSA) is 49.3 Å². The fourth-order valence-electron chi connectivity index (χ4n) is 2.08. The van der Waals surface area contributed by atoms with Gasteiger partial charge in [-0.15, -0.1) is 0 Å². The van der Waals surface area contributed by atoms with Crippen molar-refractivity contribution in [1.82, 2.24) is 5.32 Å². The Morgan fingerprint density at radius 2 is 2.31 bits per heavy atom. The Balaban J connectivity index is 2.20. The molecule has 3 nitrogen and oxygen atoms in total. The number of carbonyl (C=O) groups is 1. The Labute approximate surface area is 79.5 Å². The molecule has 1 fully saturated rings. The van der Waals surface area contributed by atoms with Gasteiger partial charge in [-0.05, 0) is 32.1 Å². The molecule has 1 rings (SSSR count). The van der Waals surface area contributed by atoms with Gasteiger partial charge in [-0.1, -0.05) is 6.92 Å². The van der Waals surface area contributed by atoms with Gasteiger partial charge in [0.05, 0.1) is 6.42 Å². The lowest BCUT2D eigenvalue weighted by Gasteiger charge is -2.17. The predicted octanol–water partition coefficient (Wildman–Crippen LogP) is 1.63. The van der Waals surface area contributed by atoms with Crippen molar-refractivity contribution in [3.05, 3.63) is 0 Å². The highest BCUT2D eigenvalue weighted by Gasteiger charge is 2.22. The summed E-state index contributed by atoms with van der Waals surface area (Å²) in [4.78, 5) is 10.4. The van der Waals surface area contributed by atoms with Crippen LogP contribution in [0.4, 0.5) is 0 Å². The molecular weight excluding hydrogens is 166 g/mol. The lowest BCUT2D eigenvalue weighted by molar-refractivity contribution is -0.137. The zero-order valence-electron chi connectivity index (χ0n) is 8.42. The number of hydrogen-bond acceptors (Lipinski definition) is 2. The summed E-state index contributed by atoms with van der Waals surface area (Å²) < 4.78 is 0. The van der Waals surface area contributed by atoms with Crippen LogP contribution in [0, 0.1) is 5.92 Å². The monoisotopic (exact) mass is 185 g/mol. The van der Waals surface area contributed by atoms with Crippen molar-refractivity contribution >= 4 is 5.97 Å². The van der Waals surface area contributed by atoms with Crippen molar-refractivity contribution in [2.24, 2.45) is 5.92 Å². The third kappa shape index (κ3) is 3.77. The molecule has 0 saturated heterocycles. The lowest BCUT2D eigenvalue weighted by Crippen LogP contribution is -2.36. The van der Waals surface area contributed by atoms with E-state index < -0.39 is 5.97 Å². The average Bonchev–Trinajstić information content (AvgIpc) is 2.33. The quantitative estimate of drug-likeness (QED) is 0.700. The van der Waals surface area contributed by atoms with Gasteiger partial charge in [-0.25, -0.2) is 0 Å². The van der Waals surface area contributed by atoms with Gasteiger partial charge in [-0.3, -0.25) is 4.79 Å². The summed E-state index contributed by atoms with van der Waals surface area (Å²) in [5.74, 6) is 0.0839. The van der Waals surface area contributed by atoms with Gasteiger partial charge in [0, 0.05) is 12.1 Å². The fraction of sp³-hybridized carbons (Fsp3) is 0.900. The van der Waals surface area contributed by atoms with Gasteiger partial charge >= 0.3 is 5.97 Å². The maximum Gasteiger partial charge on any atom is 0.304 e. The molecule has 0 bridgehead atoms. The minimum absolute atomic E-state index is 0.104. The molecule has 13 heavy (non-hydrogen) atoms. The number of aliphatic carboxylic acids is 1. The van der Waals surface area contributed by atoms with E-state index in [1.165, 1.54) is 19.3 Å². The highest BCUT2D eigenvalue weighted by atomic mass is 16.4. The second kappa shape index (κ2) is 4.61. The molecule has 0 heterocycles. The minimum atomic E-state index is -0.717. The van der Waals surface area contributed by atoms with Crippen LogP contribution in [0.5, 0.6) is 0 Å². The first kappa shape index (κ1) is 10.5. The number of carboxylic acid groups (broad SMARTS) is 1. The third-order valence-electron chi connectivity index (χ3n) is 2.70. The van der Waals surface area contributed by atoms with Gasteiger partial charge in [-0.2, -0.15) is 0 Å². The van der Waals surface area contributed by atoms with E-state index >= 15 is 0 Å². The zero-order chi connectivity index (χ0) is 9.84. The average molecular weight is 185 g/mol. The van der Waals surface area contributed by atoms with E-state index in [0.29, 0.717) is 6.04 Å². The first-order chi connectivity index (χ1) is 6.08. The van der Waals surface area contributed by atoms with E-state index in [-0.39, 0.29) is 12.5 Å². The molecule has 2 N–H and O–H groups in total. The number of rotatable bonds is 4. The molecular formula is C10H19NO2. The molecule has 0 aliphatic heterocycles. The van der Waals surface area contributed by atoms with Crippen LogP contribution in [-0.2, 0) is 4.79 Å². The van der Waals surface area contributed by atoms with Crippen LogP contribution in [0.3, 0.4) is 0 Å². The van der Waals surface area contributed by atoms with Crippen molar-refractivity contribution in [2.45, 2.75) is 51.6 Å². The predicted molar refractivity (Wildman–Crippen MR) is 51.7 cm³/mol. The Hall–Kier alpha value is -0.570. The highest BCUT2D eigenvalue weighted by Crippen LogP contribution is 2.24. The summed E-state index contributed by atoms with van der Waals surface area (Å²) >= 11 is 0. The van der Waals surface area contributed by atoms with E-state index in [2.05, 4.69) is 12.2 Å². The molecule has 1 aliphatic rings. The summed E-state index contributed by atoms with van der Waals surface area (Å²) in [5.41, 5.74) is 0. The van der Waals surface area contributed by atoms with E-state index in [4.69, 9.17) is 5.11 Å². The second-order valence-corrected chi connectivity index (χ2v) is 4.28. The summed E-state index contributed by atoms with van der Waals surface area (Å²) in [6.07, 6.45) is 3.90. The number of carboxylic acids is 1. The van der Waals surface area contributed by atoms with E-state index in [1.807, 2.05) is 6.92 Å². The molecule has 0 aromatic rings. The first-order valence-corrected chi connectivity index (χ1v) is 5.05. The van der Waals surface area contributed by atoms with Crippen molar-refractivity contribution < 1.29 is 9.90 Å². The Kier molecular flexibility index (Phi) is 3.72. The molecule has 0 aromatic carbocycles. The van der Waals surface area contributed by atoms with Crippen molar-refractivity contribution in [2.75, 3.05) is 0 Å². The van der Waals surface area contributed by atoms with E-state index in [0.717, 1.165) is 5.92 Å². The number of hydrogen-bond donors (Lipinski definition) is 2. The Morgan fingerprint density at radius 3 is 2.77 bits per heavy atom. The summed E-state index contributed by atoms with van der Waals surface area (Å²) in [7, 11) is 0. The molecule has 0 amide bonds. The van der Waals surface area contributed by atoms with Gasteiger partial charge in [0.15, 0.2) is 0 Å². The van der Waals surface area contributed by atoms with Crippen molar-refractivity contribution in [1.29, 1.82) is 0 Å². The Bertz CT molecular complexity index is 182. The standard InChI is InChI=1S/C10H19NO2/c1-7-3-4-9(5-7)11-8(2)6-10(12)13/h7-9,11H,3-6H2,1-2H3,(H,12,13). The molecule has 0 aromatic heterocycles. The maximum atomic E-state index is 10.4. The van der Waals surface area contributed by atoms with Gasteiger partial charge in [0.25, 0.3) is 0 Å². The van der Waals surface area contributed by atoms with Gasteiger partial charge in [0.1, 0.15) is 0 Å². The molecule has 0 spiro atoms. The van der Waals surface area contributed by atoms with Crippen LogP contribution in [0.25, 0.3) is 0 Å². The molecule has 3 atom stereocenters. The van der Waals surface area contributed by atoms with Crippen LogP contribution in [0.1, 0.15) is 39.5 Å². The maximum absolute atomic E-state index is 10.4. The third-order valence-corrected chi connectivity index (χ3v) is 2.70. The molecule has 3 unspecified atom stereocenters. The van der Waals surface area contributed by atoms with Crippen molar-refractivity contribution in [3.8, 4) is 0 Å². The highest BCUT2D eigenvalue weighted by molar-refractivity contribution is 5.67. The van der Waals surface area contributed by atoms with Gasteiger partial charge < -0.3 is 10.4 Å². The molecule has 0 radical (unpaired) electrons. The largest absolute Gasteiger partial charge is 0.481 e. The lowest BCUT2D eigenvalue weighted by atomic mass is 10.1.